The van der Waals surface area contributed by atoms with E-state index in [0.717, 1.165) is 0 Å². The zero-order chi connectivity index (χ0) is 20.9. The number of para-hydroxylation sites is 3. The van der Waals surface area contributed by atoms with Gasteiger partial charge >= 0.3 is 10.2 Å². The molecular weight excluding hydrogens is 406 g/mol. The van der Waals surface area contributed by atoms with E-state index in [1.807, 2.05) is 24.3 Å². The molecule has 3 heterocycles. The number of carbonyl (C=O) groups is 1. The Labute approximate surface area is 175 Å². The van der Waals surface area contributed by atoms with Gasteiger partial charge in [0.2, 0.25) is 0 Å². The van der Waals surface area contributed by atoms with E-state index in [0.29, 0.717) is 67.6 Å². The standard InChI is InChI=1S/C21H23N3O5S/c1-22-17-6-2-3-7-18(17)24(30(22,26)27)15-9-11-23(12-10-15)21(25)16-5-4-8-19-20(16)29-14-13-28-19/h2-8,15H,9-14H2,1H3. The third-order valence-corrected chi connectivity index (χ3v) is 7.81. The first-order valence-corrected chi connectivity index (χ1v) is 11.4. The lowest BCUT2D eigenvalue weighted by Gasteiger charge is -2.37. The molecule has 0 bridgehead atoms. The Bertz CT molecular complexity index is 1100. The van der Waals surface area contributed by atoms with Crippen LogP contribution in [0.2, 0.25) is 0 Å². The molecule has 0 saturated carbocycles. The van der Waals surface area contributed by atoms with Crippen LogP contribution in [-0.2, 0) is 10.2 Å². The third kappa shape index (κ3) is 2.87. The van der Waals surface area contributed by atoms with Gasteiger partial charge in [0, 0.05) is 20.1 Å². The molecule has 2 aromatic rings. The number of ether oxygens (including phenoxy) is 2. The second-order valence-corrected chi connectivity index (χ2v) is 9.45. The van der Waals surface area contributed by atoms with Crippen molar-refractivity contribution < 1.29 is 22.7 Å². The van der Waals surface area contributed by atoms with Crippen molar-refractivity contribution in [3.63, 3.8) is 0 Å². The van der Waals surface area contributed by atoms with Crippen LogP contribution < -0.4 is 18.1 Å². The van der Waals surface area contributed by atoms with Gasteiger partial charge in [0.25, 0.3) is 5.91 Å². The number of likely N-dealkylation sites (tertiary alicyclic amines) is 1. The molecule has 9 heteroatoms. The number of nitrogens with zero attached hydrogens (tertiary/aromatic N) is 3. The van der Waals surface area contributed by atoms with Gasteiger partial charge in [0.05, 0.1) is 23.0 Å². The van der Waals surface area contributed by atoms with Gasteiger partial charge in [-0.25, -0.2) is 4.31 Å². The molecule has 158 valence electrons. The van der Waals surface area contributed by atoms with E-state index in [1.54, 1.807) is 30.1 Å². The van der Waals surface area contributed by atoms with Crippen LogP contribution >= 0.6 is 0 Å². The molecule has 1 saturated heterocycles. The summed E-state index contributed by atoms with van der Waals surface area (Å²) in [6.07, 6.45) is 1.14. The number of anilines is 2. The maximum absolute atomic E-state index is 13.1. The Balaban J connectivity index is 1.35. The summed E-state index contributed by atoms with van der Waals surface area (Å²) in [6.45, 7) is 1.84. The fraction of sp³-hybridized carbons (Fsp3) is 0.381. The predicted octanol–water partition coefficient (Wildman–Crippen LogP) is 2.26. The van der Waals surface area contributed by atoms with E-state index >= 15 is 0 Å². The average Bonchev–Trinajstić information content (AvgIpc) is 2.98. The van der Waals surface area contributed by atoms with Gasteiger partial charge in [-0.05, 0) is 37.1 Å². The van der Waals surface area contributed by atoms with Crippen molar-refractivity contribution >= 4 is 27.5 Å². The van der Waals surface area contributed by atoms with Crippen LogP contribution in [0.1, 0.15) is 23.2 Å². The van der Waals surface area contributed by atoms with Crippen molar-refractivity contribution in [2.75, 3.05) is 42.0 Å². The van der Waals surface area contributed by atoms with Crippen molar-refractivity contribution in [2.24, 2.45) is 0 Å². The number of benzene rings is 2. The van der Waals surface area contributed by atoms with Gasteiger partial charge in [0.15, 0.2) is 11.5 Å². The number of hydrogen-bond acceptors (Lipinski definition) is 5. The Hall–Kier alpha value is -2.94. The molecule has 0 aliphatic carbocycles. The number of carbonyl (C=O) groups excluding carboxylic acids is 1. The van der Waals surface area contributed by atoms with Gasteiger partial charge in [-0.3, -0.25) is 9.10 Å². The summed E-state index contributed by atoms with van der Waals surface area (Å²) >= 11 is 0. The maximum atomic E-state index is 13.1. The summed E-state index contributed by atoms with van der Waals surface area (Å²) in [5.41, 5.74) is 1.88. The van der Waals surface area contributed by atoms with Crippen molar-refractivity contribution in [1.29, 1.82) is 0 Å². The molecule has 8 nitrogen and oxygen atoms in total. The Morgan fingerprint density at radius 2 is 1.67 bits per heavy atom. The molecule has 1 amide bonds. The number of piperidine rings is 1. The molecule has 0 aromatic heterocycles. The SMILES string of the molecule is CN1c2ccccc2N(C2CCN(C(=O)c3cccc4c3OCCO4)CC2)S1(=O)=O. The summed E-state index contributed by atoms with van der Waals surface area (Å²) < 4.78 is 40.1. The molecule has 5 rings (SSSR count). The highest BCUT2D eigenvalue weighted by molar-refractivity contribution is 7.94. The van der Waals surface area contributed by atoms with Gasteiger partial charge in [-0.15, -0.1) is 0 Å². The minimum absolute atomic E-state index is 0.113. The largest absolute Gasteiger partial charge is 0.486 e. The monoisotopic (exact) mass is 429 g/mol. The number of hydrogen-bond donors (Lipinski definition) is 0. The molecule has 0 N–H and O–H groups in total. The molecule has 0 radical (unpaired) electrons. The van der Waals surface area contributed by atoms with Crippen LogP contribution in [0.3, 0.4) is 0 Å². The molecule has 1 fully saturated rings. The minimum Gasteiger partial charge on any atom is -0.486 e. The zero-order valence-electron chi connectivity index (χ0n) is 16.7. The van der Waals surface area contributed by atoms with Gasteiger partial charge in [0.1, 0.15) is 13.2 Å². The molecule has 2 aromatic carbocycles. The first-order valence-electron chi connectivity index (χ1n) is 10.0. The zero-order valence-corrected chi connectivity index (χ0v) is 17.5. The van der Waals surface area contributed by atoms with Crippen molar-refractivity contribution in [3.8, 4) is 11.5 Å². The number of fused-ring (bicyclic) bond motifs is 2. The Morgan fingerprint density at radius 1 is 0.967 bits per heavy atom. The third-order valence-electron chi connectivity index (χ3n) is 5.93. The quantitative estimate of drug-likeness (QED) is 0.732. The van der Waals surface area contributed by atoms with E-state index < -0.39 is 10.2 Å². The minimum atomic E-state index is -3.60. The second-order valence-electron chi connectivity index (χ2n) is 7.61. The van der Waals surface area contributed by atoms with Crippen LogP contribution in [-0.4, -0.2) is 58.6 Å². The predicted molar refractivity (Wildman–Crippen MR) is 113 cm³/mol. The van der Waals surface area contributed by atoms with Crippen LogP contribution in [0.5, 0.6) is 11.5 Å². The lowest BCUT2D eigenvalue weighted by atomic mass is 10.0. The highest BCUT2D eigenvalue weighted by atomic mass is 32.2. The van der Waals surface area contributed by atoms with Gasteiger partial charge < -0.3 is 14.4 Å². The molecule has 0 atom stereocenters. The smallest absolute Gasteiger partial charge is 0.326 e. The highest BCUT2D eigenvalue weighted by Gasteiger charge is 2.43. The molecule has 3 aliphatic rings. The Morgan fingerprint density at radius 3 is 2.43 bits per heavy atom. The van der Waals surface area contributed by atoms with Crippen LogP contribution in [0.15, 0.2) is 42.5 Å². The molecule has 0 spiro atoms. The fourth-order valence-corrected chi connectivity index (χ4v) is 6.06. The van der Waals surface area contributed by atoms with Gasteiger partial charge in [-0.2, -0.15) is 8.42 Å². The first-order chi connectivity index (χ1) is 14.5. The summed E-state index contributed by atoms with van der Waals surface area (Å²) in [5.74, 6) is 0.968. The van der Waals surface area contributed by atoms with Crippen molar-refractivity contribution in [2.45, 2.75) is 18.9 Å². The van der Waals surface area contributed by atoms with E-state index in [1.165, 1.54) is 8.61 Å². The van der Waals surface area contributed by atoms with Crippen LogP contribution in [0.25, 0.3) is 0 Å². The lowest BCUT2D eigenvalue weighted by Crippen LogP contribution is -2.49. The number of amides is 1. The van der Waals surface area contributed by atoms with Crippen LogP contribution in [0.4, 0.5) is 11.4 Å². The topological polar surface area (TPSA) is 79.4 Å². The van der Waals surface area contributed by atoms with E-state index in [2.05, 4.69) is 0 Å². The fourth-order valence-electron chi connectivity index (χ4n) is 4.40. The second kappa shape index (κ2) is 7.09. The van der Waals surface area contributed by atoms with Gasteiger partial charge in [-0.1, -0.05) is 18.2 Å². The first kappa shape index (κ1) is 19.0. The van der Waals surface area contributed by atoms with E-state index in [9.17, 15) is 13.2 Å². The van der Waals surface area contributed by atoms with Crippen molar-refractivity contribution in [1.82, 2.24) is 4.90 Å². The summed E-state index contributed by atoms with van der Waals surface area (Å²) in [4.78, 5) is 14.9. The highest BCUT2D eigenvalue weighted by Crippen LogP contribution is 2.42. The molecular formula is C21H23N3O5S. The lowest BCUT2D eigenvalue weighted by molar-refractivity contribution is 0.0705. The summed E-state index contributed by atoms with van der Waals surface area (Å²) in [7, 11) is -2.02. The summed E-state index contributed by atoms with van der Waals surface area (Å²) in [5, 5.41) is 0. The summed E-state index contributed by atoms with van der Waals surface area (Å²) in [6, 6.07) is 12.5. The van der Waals surface area contributed by atoms with E-state index in [4.69, 9.17) is 9.47 Å². The molecule has 3 aliphatic heterocycles. The Kier molecular flexibility index (Phi) is 4.50. The molecule has 0 unspecified atom stereocenters. The molecule has 30 heavy (non-hydrogen) atoms. The maximum Gasteiger partial charge on any atom is 0.326 e. The van der Waals surface area contributed by atoms with E-state index in [-0.39, 0.29) is 11.9 Å². The van der Waals surface area contributed by atoms with Crippen molar-refractivity contribution in [3.05, 3.63) is 48.0 Å². The number of rotatable bonds is 2. The van der Waals surface area contributed by atoms with Crippen LogP contribution in [0, 0.1) is 0 Å². The normalized spacial score (nSPS) is 20.2. The average molecular weight is 429 g/mol.